The van der Waals surface area contributed by atoms with Gasteiger partial charge >= 0.3 is 5.97 Å². The maximum absolute atomic E-state index is 11.3. The van der Waals surface area contributed by atoms with E-state index in [1.54, 1.807) is 12.1 Å². The molecule has 0 aliphatic rings. The van der Waals surface area contributed by atoms with Crippen molar-refractivity contribution in [3.8, 4) is 0 Å². The summed E-state index contributed by atoms with van der Waals surface area (Å²) in [5.74, 6) is -0.841. The highest BCUT2D eigenvalue weighted by molar-refractivity contribution is 6.58. The minimum Gasteiger partial charge on any atom is -0.478 e. The minimum atomic E-state index is -0.841. The average Bonchev–Trinajstić information content (AvgIpc) is 2.28. The predicted molar refractivity (Wildman–Crippen MR) is 84.2 cm³/mol. The SMILES string of the molecule is CCCCCC(C)(C)[SiH2]c1cc(N)ccc1C(=O)O. The third-order valence-electron chi connectivity index (χ3n) is 3.49. The Morgan fingerprint density at radius 2 is 2.05 bits per heavy atom. The molecule has 19 heavy (non-hydrogen) atoms. The van der Waals surface area contributed by atoms with Crippen molar-refractivity contribution >= 4 is 26.4 Å². The smallest absolute Gasteiger partial charge is 0.335 e. The van der Waals surface area contributed by atoms with E-state index in [0.29, 0.717) is 11.3 Å². The summed E-state index contributed by atoms with van der Waals surface area (Å²) in [4.78, 5) is 11.3. The summed E-state index contributed by atoms with van der Waals surface area (Å²) < 4.78 is 0. The zero-order valence-electron chi connectivity index (χ0n) is 12.2. The summed E-state index contributed by atoms with van der Waals surface area (Å²) in [6.07, 6.45) is 4.86. The van der Waals surface area contributed by atoms with Crippen LogP contribution in [-0.2, 0) is 0 Å². The van der Waals surface area contributed by atoms with Gasteiger partial charge in [-0.3, -0.25) is 0 Å². The third-order valence-corrected chi connectivity index (χ3v) is 5.76. The number of carboxylic acid groups (broad SMARTS) is 1. The number of nitrogen functional groups attached to an aromatic ring is 1. The van der Waals surface area contributed by atoms with Gasteiger partial charge in [-0.1, -0.05) is 51.6 Å². The lowest BCUT2D eigenvalue weighted by atomic mass is 10.0. The lowest BCUT2D eigenvalue weighted by molar-refractivity contribution is 0.0698. The van der Waals surface area contributed by atoms with Gasteiger partial charge in [-0.2, -0.15) is 0 Å². The molecule has 0 atom stereocenters. The van der Waals surface area contributed by atoms with E-state index in [0.717, 1.165) is 5.19 Å². The molecule has 0 spiro atoms. The first-order chi connectivity index (χ1) is 8.85. The molecule has 106 valence electrons. The van der Waals surface area contributed by atoms with Crippen molar-refractivity contribution < 1.29 is 9.90 Å². The second-order valence-electron chi connectivity index (χ2n) is 6.02. The number of benzene rings is 1. The third kappa shape index (κ3) is 5.07. The zero-order chi connectivity index (χ0) is 14.5. The van der Waals surface area contributed by atoms with Crippen LogP contribution in [0.1, 0.15) is 56.8 Å². The van der Waals surface area contributed by atoms with E-state index >= 15 is 0 Å². The molecular formula is C15H25NO2Si. The first-order valence-corrected chi connectivity index (χ1v) is 8.39. The van der Waals surface area contributed by atoms with Crippen LogP contribution in [0.3, 0.4) is 0 Å². The molecule has 1 aromatic carbocycles. The van der Waals surface area contributed by atoms with Crippen LogP contribution in [-0.4, -0.2) is 20.6 Å². The summed E-state index contributed by atoms with van der Waals surface area (Å²) in [6.45, 7) is 6.71. The van der Waals surface area contributed by atoms with Crippen molar-refractivity contribution in [2.75, 3.05) is 5.73 Å². The Labute approximate surface area is 118 Å². The summed E-state index contributed by atoms with van der Waals surface area (Å²) >= 11 is 0. The zero-order valence-corrected chi connectivity index (χ0v) is 13.6. The van der Waals surface area contributed by atoms with Crippen molar-refractivity contribution in [2.45, 2.75) is 51.5 Å². The Morgan fingerprint density at radius 3 is 2.63 bits per heavy atom. The number of anilines is 1. The van der Waals surface area contributed by atoms with Crippen LogP contribution in [0, 0.1) is 0 Å². The molecule has 0 aromatic heterocycles. The number of unbranched alkanes of at least 4 members (excludes halogenated alkanes) is 2. The van der Waals surface area contributed by atoms with Crippen LogP contribution >= 0.6 is 0 Å². The van der Waals surface area contributed by atoms with E-state index in [9.17, 15) is 9.90 Å². The van der Waals surface area contributed by atoms with Crippen LogP contribution in [0.15, 0.2) is 18.2 Å². The number of hydrogen-bond donors (Lipinski definition) is 2. The maximum Gasteiger partial charge on any atom is 0.335 e. The molecule has 0 unspecified atom stereocenters. The minimum absolute atomic E-state index is 0.243. The van der Waals surface area contributed by atoms with E-state index in [1.165, 1.54) is 25.7 Å². The Hall–Kier alpha value is -1.29. The molecule has 0 fully saturated rings. The highest BCUT2D eigenvalue weighted by atomic mass is 28.2. The molecule has 0 saturated carbocycles. The molecule has 3 N–H and O–H groups in total. The lowest BCUT2D eigenvalue weighted by Crippen LogP contribution is -2.30. The van der Waals surface area contributed by atoms with Gasteiger partial charge in [-0.15, -0.1) is 0 Å². The van der Waals surface area contributed by atoms with Crippen LogP contribution < -0.4 is 10.9 Å². The summed E-state index contributed by atoms with van der Waals surface area (Å²) in [7, 11) is -0.665. The second kappa shape index (κ2) is 6.75. The topological polar surface area (TPSA) is 63.3 Å². The molecule has 4 heteroatoms. The van der Waals surface area contributed by atoms with Gasteiger partial charge in [0.1, 0.15) is 0 Å². The maximum atomic E-state index is 11.3. The van der Waals surface area contributed by atoms with Gasteiger partial charge in [0.15, 0.2) is 0 Å². The molecule has 0 radical (unpaired) electrons. The summed E-state index contributed by atoms with van der Waals surface area (Å²) in [5.41, 5.74) is 6.90. The van der Waals surface area contributed by atoms with Crippen LogP contribution in [0.4, 0.5) is 5.69 Å². The molecule has 0 heterocycles. The normalized spacial score (nSPS) is 12.2. The summed E-state index contributed by atoms with van der Waals surface area (Å²) in [5, 5.41) is 10.5. The predicted octanol–water partition coefficient (Wildman–Crippen LogP) is 2.54. The Morgan fingerprint density at radius 1 is 1.37 bits per heavy atom. The van der Waals surface area contributed by atoms with E-state index in [2.05, 4.69) is 20.8 Å². The van der Waals surface area contributed by atoms with Gasteiger partial charge in [0.25, 0.3) is 0 Å². The number of rotatable bonds is 7. The number of hydrogen-bond acceptors (Lipinski definition) is 2. The average molecular weight is 279 g/mol. The van der Waals surface area contributed by atoms with Crippen LogP contribution in [0.2, 0.25) is 5.04 Å². The first kappa shape index (κ1) is 15.8. The standard InChI is InChI=1S/C15H25NO2Si/c1-4-5-6-9-15(2,3)19-13-10-11(16)7-8-12(13)14(17)18/h7-8,10H,4-6,9,16,19H2,1-3H3,(H,17,18). The van der Waals surface area contributed by atoms with Gasteiger partial charge in [-0.05, 0) is 23.2 Å². The van der Waals surface area contributed by atoms with Gasteiger partial charge < -0.3 is 10.8 Å². The Balaban J connectivity index is 2.85. The monoisotopic (exact) mass is 279 g/mol. The number of nitrogens with two attached hydrogens (primary N) is 1. The largest absolute Gasteiger partial charge is 0.478 e. The van der Waals surface area contributed by atoms with Gasteiger partial charge in [0.05, 0.1) is 15.1 Å². The fraction of sp³-hybridized carbons (Fsp3) is 0.533. The van der Waals surface area contributed by atoms with Crippen LogP contribution in [0.25, 0.3) is 0 Å². The number of aromatic carboxylic acids is 1. The molecule has 1 aromatic rings. The van der Waals surface area contributed by atoms with Gasteiger partial charge in [-0.25, -0.2) is 4.79 Å². The summed E-state index contributed by atoms with van der Waals surface area (Å²) in [6, 6.07) is 5.17. The molecule has 0 saturated heterocycles. The van der Waals surface area contributed by atoms with Crippen molar-refractivity contribution in [2.24, 2.45) is 0 Å². The highest BCUT2D eigenvalue weighted by Gasteiger charge is 2.22. The van der Waals surface area contributed by atoms with Crippen molar-refractivity contribution in [3.05, 3.63) is 23.8 Å². The fourth-order valence-electron chi connectivity index (χ4n) is 2.43. The molecule has 0 aliphatic carbocycles. The van der Waals surface area contributed by atoms with E-state index < -0.39 is 15.5 Å². The Bertz CT molecular complexity index is 444. The van der Waals surface area contributed by atoms with Crippen molar-refractivity contribution in [1.29, 1.82) is 0 Å². The number of carbonyl (C=O) groups is 1. The number of carboxylic acids is 1. The van der Waals surface area contributed by atoms with E-state index in [1.807, 2.05) is 6.07 Å². The fourth-order valence-corrected chi connectivity index (χ4v) is 4.68. The first-order valence-electron chi connectivity index (χ1n) is 6.97. The molecule has 3 nitrogen and oxygen atoms in total. The van der Waals surface area contributed by atoms with Crippen molar-refractivity contribution in [3.63, 3.8) is 0 Å². The second-order valence-corrected chi connectivity index (χ2v) is 9.05. The molecule has 1 rings (SSSR count). The molecular weight excluding hydrogens is 254 g/mol. The van der Waals surface area contributed by atoms with Gasteiger partial charge in [0, 0.05) is 5.69 Å². The van der Waals surface area contributed by atoms with Gasteiger partial charge in [0.2, 0.25) is 0 Å². The molecule has 0 aliphatic heterocycles. The quantitative estimate of drug-likeness (QED) is 0.458. The molecule has 0 amide bonds. The van der Waals surface area contributed by atoms with Crippen molar-refractivity contribution in [1.82, 2.24) is 0 Å². The van der Waals surface area contributed by atoms with Crippen LogP contribution in [0.5, 0.6) is 0 Å². The van der Waals surface area contributed by atoms with E-state index in [-0.39, 0.29) is 5.04 Å². The lowest BCUT2D eigenvalue weighted by Gasteiger charge is -2.25. The highest BCUT2D eigenvalue weighted by Crippen LogP contribution is 2.30. The molecule has 0 bridgehead atoms. The Kier molecular flexibility index (Phi) is 5.60. The van der Waals surface area contributed by atoms with E-state index in [4.69, 9.17) is 5.73 Å².